The highest BCUT2D eigenvalue weighted by atomic mass is 16.3. The van der Waals surface area contributed by atoms with Crippen molar-refractivity contribution < 1.29 is 19.8 Å². The van der Waals surface area contributed by atoms with Crippen LogP contribution in [0.3, 0.4) is 0 Å². The number of phenols is 2. The van der Waals surface area contributed by atoms with Gasteiger partial charge in [-0.25, -0.2) is 0 Å². The molecule has 4 rings (SSSR count). The Kier molecular flexibility index (Phi) is 2.93. The Morgan fingerprint density at radius 3 is 1.25 bits per heavy atom. The maximum atomic E-state index is 12.4. The third-order valence-corrected chi connectivity index (χ3v) is 3.99. The predicted octanol–water partition coefficient (Wildman–Crippen LogP) is 1.48. The number of carbonyl (C=O) groups excluding carboxylic acids is 2. The summed E-state index contributed by atoms with van der Waals surface area (Å²) in [5, 5.41) is 24.2. The third-order valence-electron chi connectivity index (χ3n) is 3.99. The molecule has 0 saturated heterocycles. The Bertz CT molecular complexity index is 858. The van der Waals surface area contributed by atoms with Crippen molar-refractivity contribution in [3.05, 3.63) is 70.8 Å². The Labute approximate surface area is 136 Å². The maximum Gasteiger partial charge on any atom is 0.258 e. The van der Waals surface area contributed by atoms with Crippen molar-refractivity contribution in [2.45, 2.75) is 0 Å². The van der Waals surface area contributed by atoms with Crippen molar-refractivity contribution in [2.75, 3.05) is 0 Å². The molecule has 2 heterocycles. The van der Waals surface area contributed by atoms with Gasteiger partial charge in [0.25, 0.3) is 11.8 Å². The number of phenolic OH excluding ortho intramolecular Hbond substituents is 2. The van der Waals surface area contributed by atoms with Gasteiger partial charge >= 0.3 is 0 Å². The SMILES string of the molecule is O=C1NC(c2ccc(O)cc2)=C2C(=O)NC(c3ccc(O)cc3)=C12. The van der Waals surface area contributed by atoms with Crippen LogP contribution in [0.4, 0.5) is 0 Å². The number of hydrogen-bond acceptors (Lipinski definition) is 4. The van der Waals surface area contributed by atoms with E-state index in [1.165, 1.54) is 24.3 Å². The number of carbonyl (C=O) groups is 2. The molecule has 6 nitrogen and oxygen atoms in total. The van der Waals surface area contributed by atoms with E-state index in [1.54, 1.807) is 24.3 Å². The van der Waals surface area contributed by atoms with Crippen molar-refractivity contribution in [2.24, 2.45) is 0 Å². The first-order chi connectivity index (χ1) is 11.5. The van der Waals surface area contributed by atoms with Gasteiger partial charge in [-0.2, -0.15) is 0 Å². The zero-order valence-electron chi connectivity index (χ0n) is 12.3. The fraction of sp³-hybridized carbons (Fsp3) is 0. The lowest BCUT2D eigenvalue weighted by Gasteiger charge is -2.07. The second kappa shape index (κ2) is 4.99. The molecular formula is C18H12N2O4. The van der Waals surface area contributed by atoms with Gasteiger partial charge in [-0.1, -0.05) is 0 Å². The van der Waals surface area contributed by atoms with Crippen LogP contribution in [0.25, 0.3) is 11.4 Å². The van der Waals surface area contributed by atoms with Crippen LogP contribution in [0.1, 0.15) is 11.1 Å². The van der Waals surface area contributed by atoms with E-state index in [0.717, 1.165) is 0 Å². The summed E-state index contributed by atoms with van der Waals surface area (Å²) in [6.07, 6.45) is 0. The zero-order chi connectivity index (χ0) is 16.8. The highest BCUT2D eigenvalue weighted by Crippen LogP contribution is 2.37. The zero-order valence-corrected chi connectivity index (χ0v) is 12.3. The van der Waals surface area contributed by atoms with Crippen molar-refractivity contribution in [3.63, 3.8) is 0 Å². The summed E-state index contributed by atoms with van der Waals surface area (Å²) in [6.45, 7) is 0. The number of amides is 2. The molecule has 2 aromatic carbocycles. The minimum absolute atomic E-state index is 0.102. The molecule has 0 radical (unpaired) electrons. The monoisotopic (exact) mass is 320 g/mol. The first kappa shape index (κ1) is 14.1. The minimum Gasteiger partial charge on any atom is -0.508 e. The van der Waals surface area contributed by atoms with Crippen molar-refractivity contribution in [1.29, 1.82) is 0 Å². The predicted molar refractivity (Wildman–Crippen MR) is 86.3 cm³/mol. The molecule has 6 heteroatoms. The summed E-state index contributed by atoms with van der Waals surface area (Å²) in [7, 11) is 0. The largest absolute Gasteiger partial charge is 0.508 e. The second-order valence-electron chi connectivity index (χ2n) is 5.50. The lowest BCUT2D eigenvalue weighted by atomic mass is 10.0. The summed E-state index contributed by atoms with van der Waals surface area (Å²) in [4.78, 5) is 24.8. The van der Waals surface area contributed by atoms with Crippen LogP contribution in [0.2, 0.25) is 0 Å². The van der Waals surface area contributed by atoms with Gasteiger partial charge in [0.1, 0.15) is 11.5 Å². The van der Waals surface area contributed by atoms with Gasteiger partial charge in [-0.05, 0) is 59.7 Å². The molecule has 0 saturated carbocycles. The van der Waals surface area contributed by atoms with Gasteiger partial charge in [-0.3, -0.25) is 9.59 Å². The molecule has 0 fully saturated rings. The summed E-state index contributed by atoms with van der Waals surface area (Å²) >= 11 is 0. The second-order valence-corrected chi connectivity index (χ2v) is 5.50. The fourth-order valence-corrected chi connectivity index (χ4v) is 2.87. The normalized spacial score (nSPS) is 16.3. The van der Waals surface area contributed by atoms with E-state index in [1.807, 2.05) is 0 Å². The molecule has 2 aliphatic rings. The van der Waals surface area contributed by atoms with Crippen molar-refractivity contribution in [3.8, 4) is 11.5 Å². The summed E-state index contributed by atoms with van der Waals surface area (Å²) < 4.78 is 0. The van der Waals surface area contributed by atoms with Gasteiger partial charge in [0.05, 0.1) is 22.5 Å². The average molecular weight is 320 g/mol. The molecular weight excluding hydrogens is 308 g/mol. The summed E-state index contributed by atoms with van der Waals surface area (Å²) in [6, 6.07) is 12.5. The molecule has 4 N–H and O–H groups in total. The highest BCUT2D eigenvalue weighted by Gasteiger charge is 2.40. The van der Waals surface area contributed by atoms with Crippen LogP contribution in [0, 0.1) is 0 Å². The van der Waals surface area contributed by atoms with Crippen LogP contribution in [0.5, 0.6) is 11.5 Å². The lowest BCUT2D eigenvalue weighted by molar-refractivity contribution is -0.117. The topological polar surface area (TPSA) is 98.7 Å². The number of rotatable bonds is 2. The van der Waals surface area contributed by atoms with Crippen LogP contribution in [-0.4, -0.2) is 22.0 Å². The molecule has 2 aliphatic heterocycles. The number of fused-ring (bicyclic) bond motifs is 1. The van der Waals surface area contributed by atoms with E-state index in [9.17, 15) is 19.8 Å². The average Bonchev–Trinajstić information content (AvgIpc) is 3.08. The lowest BCUT2D eigenvalue weighted by Crippen LogP contribution is -2.21. The fourth-order valence-electron chi connectivity index (χ4n) is 2.87. The molecule has 2 aromatic rings. The number of aromatic hydroxyl groups is 2. The van der Waals surface area contributed by atoms with Crippen LogP contribution in [0.15, 0.2) is 59.7 Å². The molecule has 24 heavy (non-hydrogen) atoms. The van der Waals surface area contributed by atoms with E-state index in [4.69, 9.17) is 0 Å². The Morgan fingerprint density at radius 1 is 0.583 bits per heavy atom. The van der Waals surface area contributed by atoms with Crippen molar-refractivity contribution >= 4 is 23.2 Å². The van der Waals surface area contributed by atoms with Gasteiger partial charge in [-0.15, -0.1) is 0 Å². The van der Waals surface area contributed by atoms with Crippen LogP contribution < -0.4 is 10.6 Å². The summed E-state index contributed by atoms with van der Waals surface area (Å²) in [5.74, 6) is -0.529. The number of benzene rings is 2. The molecule has 0 unspecified atom stereocenters. The minimum atomic E-state index is -0.366. The summed E-state index contributed by atoms with van der Waals surface area (Å²) in [5.41, 5.74) is 2.67. The van der Waals surface area contributed by atoms with E-state index >= 15 is 0 Å². The number of nitrogens with one attached hydrogen (secondary N) is 2. The standard InChI is InChI=1S/C18H12N2O4/c21-11-5-1-9(2-6-11)15-13-14(18(24)19-15)16(20-17(13)23)10-3-7-12(22)8-4-10/h1-8,21-22H,(H,19,24)(H,20,23). The Hall–Kier alpha value is -3.54. The van der Waals surface area contributed by atoms with Crippen LogP contribution in [-0.2, 0) is 9.59 Å². The molecule has 118 valence electrons. The molecule has 2 amide bonds. The maximum absolute atomic E-state index is 12.4. The van der Waals surface area contributed by atoms with Gasteiger partial charge in [0, 0.05) is 0 Å². The molecule has 0 aliphatic carbocycles. The Morgan fingerprint density at radius 2 is 0.917 bits per heavy atom. The highest BCUT2D eigenvalue weighted by molar-refractivity contribution is 6.30. The Balaban J connectivity index is 1.88. The third kappa shape index (κ3) is 2.04. The number of hydrogen-bond donors (Lipinski definition) is 4. The molecule has 0 bridgehead atoms. The molecule has 0 aromatic heterocycles. The van der Waals surface area contributed by atoms with E-state index in [0.29, 0.717) is 22.5 Å². The molecule has 0 atom stereocenters. The van der Waals surface area contributed by atoms with E-state index < -0.39 is 0 Å². The first-order valence-electron chi connectivity index (χ1n) is 7.25. The van der Waals surface area contributed by atoms with Gasteiger partial charge in [0.2, 0.25) is 0 Å². The smallest absolute Gasteiger partial charge is 0.258 e. The van der Waals surface area contributed by atoms with Gasteiger partial charge in [0.15, 0.2) is 0 Å². The van der Waals surface area contributed by atoms with Gasteiger partial charge < -0.3 is 20.8 Å². The van der Waals surface area contributed by atoms with Crippen LogP contribution >= 0.6 is 0 Å². The van der Waals surface area contributed by atoms with Crippen molar-refractivity contribution in [1.82, 2.24) is 10.6 Å². The molecule has 0 spiro atoms. The quantitative estimate of drug-likeness (QED) is 0.673. The van der Waals surface area contributed by atoms with E-state index in [-0.39, 0.29) is 34.5 Å². The van der Waals surface area contributed by atoms with E-state index in [2.05, 4.69) is 10.6 Å². The first-order valence-corrected chi connectivity index (χ1v) is 7.25.